The number of ether oxygens (including phenoxy) is 1. The lowest BCUT2D eigenvalue weighted by molar-refractivity contribution is 0.0680. The molecular formula is C24H24N2O3. The number of nitrogens with zero attached hydrogens (tertiary/aromatic N) is 1. The van der Waals surface area contributed by atoms with Gasteiger partial charge in [0.2, 0.25) is 0 Å². The van der Waals surface area contributed by atoms with Gasteiger partial charge in [0.1, 0.15) is 0 Å². The van der Waals surface area contributed by atoms with Gasteiger partial charge in [0, 0.05) is 37.0 Å². The van der Waals surface area contributed by atoms with Crippen molar-refractivity contribution >= 4 is 17.5 Å². The van der Waals surface area contributed by atoms with Crippen LogP contribution in [0.4, 0.5) is 5.69 Å². The fourth-order valence-electron chi connectivity index (χ4n) is 2.93. The van der Waals surface area contributed by atoms with Crippen LogP contribution in [-0.4, -0.2) is 37.0 Å². The van der Waals surface area contributed by atoms with E-state index in [9.17, 15) is 9.59 Å². The first kappa shape index (κ1) is 20.3. The number of anilines is 1. The Kier molecular flexibility index (Phi) is 7.14. The summed E-state index contributed by atoms with van der Waals surface area (Å²) in [6.45, 7) is 1.47. The zero-order valence-electron chi connectivity index (χ0n) is 16.4. The highest BCUT2D eigenvalue weighted by Gasteiger charge is 2.16. The molecule has 0 aliphatic heterocycles. The minimum atomic E-state index is -0.185. The van der Waals surface area contributed by atoms with Gasteiger partial charge in [-0.15, -0.1) is 0 Å². The SMILES string of the molecule is COCCN(Cc1ccccc1)C(=O)c1ccc(NC(=O)c2ccccc2)cc1. The van der Waals surface area contributed by atoms with Gasteiger partial charge in [0.15, 0.2) is 0 Å². The third kappa shape index (κ3) is 5.77. The fraction of sp³-hybridized carbons (Fsp3) is 0.167. The molecule has 0 heterocycles. The second kappa shape index (κ2) is 10.2. The van der Waals surface area contributed by atoms with Crippen LogP contribution in [0.2, 0.25) is 0 Å². The molecule has 0 spiro atoms. The Labute approximate surface area is 170 Å². The number of amides is 2. The zero-order valence-corrected chi connectivity index (χ0v) is 16.4. The minimum Gasteiger partial charge on any atom is -0.383 e. The Hall–Kier alpha value is -3.44. The normalized spacial score (nSPS) is 10.4. The average Bonchev–Trinajstić information content (AvgIpc) is 2.78. The average molecular weight is 388 g/mol. The predicted molar refractivity (Wildman–Crippen MR) is 114 cm³/mol. The highest BCUT2D eigenvalue weighted by atomic mass is 16.5. The summed E-state index contributed by atoms with van der Waals surface area (Å²) in [5, 5.41) is 2.84. The van der Waals surface area contributed by atoms with Crippen molar-refractivity contribution < 1.29 is 14.3 Å². The van der Waals surface area contributed by atoms with E-state index >= 15 is 0 Å². The van der Waals surface area contributed by atoms with Crippen LogP contribution in [-0.2, 0) is 11.3 Å². The molecule has 0 aliphatic rings. The molecule has 0 unspecified atom stereocenters. The summed E-state index contributed by atoms with van der Waals surface area (Å²) < 4.78 is 5.16. The van der Waals surface area contributed by atoms with Crippen molar-refractivity contribution in [2.24, 2.45) is 0 Å². The number of nitrogens with one attached hydrogen (secondary N) is 1. The molecule has 1 N–H and O–H groups in total. The van der Waals surface area contributed by atoms with E-state index in [0.29, 0.717) is 36.5 Å². The van der Waals surface area contributed by atoms with Gasteiger partial charge in [0.05, 0.1) is 6.61 Å². The molecule has 3 aromatic rings. The Bertz CT molecular complexity index is 925. The molecule has 0 saturated heterocycles. The van der Waals surface area contributed by atoms with E-state index in [1.54, 1.807) is 48.4 Å². The maximum Gasteiger partial charge on any atom is 0.255 e. The van der Waals surface area contributed by atoms with Crippen molar-refractivity contribution in [2.75, 3.05) is 25.6 Å². The van der Waals surface area contributed by atoms with E-state index in [0.717, 1.165) is 5.56 Å². The zero-order chi connectivity index (χ0) is 20.5. The third-order valence-electron chi connectivity index (χ3n) is 4.49. The Balaban J connectivity index is 1.69. The molecule has 3 aromatic carbocycles. The van der Waals surface area contributed by atoms with Crippen LogP contribution in [0.1, 0.15) is 26.3 Å². The van der Waals surface area contributed by atoms with Gasteiger partial charge in [-0.25, -0.2) is 0 Å². The first-order valence-corrected chi connectivity index (χ1v) is 9.46. The number of carbonyl (C=O) groups is 2. The van der Waals surface area contributed by atoms with Crippen molar-refractivity contribution in [2.45, 2.75) is 6.54 Å². The standard InChI is InChI=1S/C24H24N2O3/c1-29-17-16-26(18-19-8-4-2-5-9-19)24(28)21-12-14-22(15-13-21)25-23(27)20-10-6-3-7-11-20/h2-15H,16-18H2,1H3,(H,25,27). The van der Waals surface area contributed by atoms with Crippen molar-refractivity contribution in [3.05, 3.63) is 102 Å². The highest BCUT2D eigenvalue weighted by Crippen LogP contribution is 2.15. The summed E-state index contributed by atoms with van der Waals surface area (Å²) >= 11 is 0. The minimum absolute atomic E-state index is 0.0770. The fourth-order valence-corrected chi connectivity index (χ4v) is 2.93. The summed E-state index contributed by atoms with van der Waals surface area (Å²) in [4.78, 5) is 27.0. The van der Waals surface area contributed by atoms with Crippen molar-refractivity contribution in [3.8, 4) is 0 Å². The maximum atomic E-state index is 13.0. The molecule has 0 fully saturated rings. The number of carbonyl (C=O) groups excluding carboxylic acids is 2. The molecule has 0 radical (unpaired) electrons. The summed E-state index contributed by atoms with van der Waals surface area (Å²) in [7, 11) is 1.62. The van der Waals surface area contributed by atoms with E-state index in [1.165, 1.54) is 0 Å². The third-order valence-corrected chi connectivity index (χ3v) is 4.49. The summed E-state index contributed by atoms with van der Waals surface area (Å²) in [6.07, 6.45) is 0. The van der Waals surface area contributed by atoms with E-state index in [4.69, 9.17) is 4.74 Å². The smallest absolute Gasteiger partial charge is 0.255 e. The Morgan fingerprint density at radius 1 is 0.828 bits per heavy atom. The number of rotatable bonds is 8. The summed E-state index contributed by atoms with van der Waals surface area (Å²) in [5.74, 6) is -0.262. The lowest BCUT2D eigenvalue weighted by Crippen LogP contribution is -2.33. The van der Waals surface area contributed by atoms with Crippen LogP contribution in [0.25, 0.3) is 0 Å². The predicted octanol–water partition coefficient (Wildman–Crippen LogP) is 4.23. The van der Waals surface area contributed by atoms with Gasteiger partial charge in [-0.3, -0.25) is 9.59 Å². The lowest BCUT2D eigenvalue weighted by atomic mass is 10.1. The van der Waals surface area contributed by atoms with Gasteiger partial charge in [-0.1, -0.05) is 48.5 Å². The van der Waals surface area contributed by atoms with Crippen molar-refractivity contribution in [3.63, 3.8) is 0 Å². The van der Waals surface area contributed by atoms with Crippen LogP contribution in [0.15, 0.2) is 84.9 Å². The number of benzene rings is 3. The van der Waals surface area contributed by atoms with E-state index < -0.39 is 0 Å². The van der Waals surface area contributed by atoms with Crippen LogP contribution in [0.3, 0.4) is 0 Å². The molecule has 29 heavy (non-hydrogen) atoms. The molecule has 0 saturated carbocycles. The first-order chi connectivity index (χ1) is 14.2. The summed E-state index contributed by atoms with van der Waals surface area (Å²) in [5.41, 5.74) is 2.85. The topological polar surface area (TPSA) is 58.6 Å². The van der Waals surface area contributed by atoms with E-state index in [1.807, 2.05) is 48.5 Å². The molecule has 0 aromatic heterocycles. The molecule has 3 rings (SSSR count). The van der Waals surface area contributed by atoms with Crippen molar-refractivity contribution in [1.29, 1.82) is 0 Å². The quantitative estimate of drug-likeness (QED) is 0.628. The summed E-state index contributed by atoms with van der Waals surface area (Å²) in [6, 6.07) is 25.8. The molecule has 0 aliphatic carbocycles. The van der Waals surface area contributed by atoms with Crippen LogP contribution in [0, 0.1) is 0 Å². The number of methoxy groups -OCH3 is 1. The lowest BCUT2D eigenvalue weighted by Gasteiger charge is -2.23. The van der Waals surface area contributed by atoms with E-state index in [-0.39, 0.29) is 11.8 Å². The Morgan fingerprint density at radius 2 is 1.45 bits per heavy atom. The molecular weight excluding hydrogens is 364 g/mol. The second-order valence-corrected chi connectivity index (χ2v) is 6.60. The largest absolute Gasteiger partial charge is 0.383 e. The van der Waals surface area contributed by atoms with Gasteiger partial charge in [0.25, 0.3) is 11.8 Å². The number of hydrogen-bond donors (Lipinski definition) is 1. The maximum absolute atomic E-state index is 13.0. The van der Waals surface area contributed by atoms with Gasteiger partial charge in [-0.2, -0.15) is 0 Å². The van der Waals surface area contributed by atoms with Gasteiger partial charge < -0.3 is 15.0 Å². The van der Waals surface area contributed by atoms with Crippen molar-refractivity contribution in [1.82, 2.24) is 4.90 Å². The van der Waals surface area contributed by atoms with Crippen LogP contribution in [0.5, 0.6) is 0 Å². The van der Waals surface area contributed by atoms with E-state index in [2.05, 4.69) is 5.32 Å². The van der Waals surface area contributed by atoms with Gasteiger partial charge in [-0.05, 0) is 42.0 Å². The number of hydrogen-bond acceptors (Lipinski definition) is 3. The van der Waals surface area contributed by atoms with Crippen LogP contribution >= 0.6 is 0 Å². The first-order valence-electron chi connectivity index (χ1n) is 9.46. The molecule has 148 valence electrons. The highest BCUT2D eigenvalue weighted by molar-refractivity contribution is 6.04. The molecule has 5 nitrogen and oxygen atoms in total. The molecule has 5 heteroatoms. The van der Waals surface area contributed by atoms with Gasteiger partial charge >= 0.3 is 0 Å². The molecule has 0 bridgehead atoms. The molecule has 0 atom stereocenters. The monoisotopic (exact) mass is 388 g/mol. The second-order valence-electron chi connectivity index (χ2n) is 6.60. The van der Waals surface area contributed by atoms with Crippen LogP contribution < -0.4 is 5.32 Å². The molecule has 2 amide bonds. The Morgan fingerprint density at radius 3 is 2.07 bits per heavy atom.